The average molecular weight is 424 g/mol. The number of nitrogens with zero attached hydrogens (tertiary/aromatic N) is 2. The van der Waals surface area contributed by atoms with Crippen LogP contribution in [-0.4, -0.2) is 31.9 Å². The van der Waals surface area contributed by atoms with E-state index in [0.29, 0.717) is 11.4 Å². The molecule has 148 valence electrons. The minimum absolute atomic E-state index is 0.00890. The van der Waals surface area contributed by atoms with E-state index in [4.69, 9.17) is 16.3 Å². The van der Waals surface area contributed by atoms with E-state index in [2.05, 4.69) is 9.82 Å². The molecule has 0 spiro atoms. The second-order valence-corrected chi connectivity index (χ2v) is 8.32. The Hall–Kier alpha value is -1.78. The van der Waals surface area contributed by atoms with Gasteiger partial charge in [-0.2, -0.15) is 18.3 Å². The summed E-state index contributed by atoms with van der Waals surface area (Å²) in [5.74, 6) is 0.381. The fraction of sp³-hybridized carbons (Fsp3) is 0.438. The van der Waals surface area contributed by atoms with Gasteiger partial charge in [0.1, 0.15) is 5.75 Å². The van der Waals surface area contributed by atoms with Gasteiger partial charge in [-0.05, 0) is 37.1 Å². The van der Waals surface area contributed by atoms with E-state index in [1.54, 1.807) is 0 Å². The van der Waals surface area contributed by atoms with Gasteiger partial charge in [-0.3, -0.25) is 4.68 Å². The van der Waals surface area contributed by atoms with Crippen LogP contribution < -0.4 is 9.46 Å². The van der Waals surface area contributed by atoms with Crippen LogP contribution in [0.3, 0.4) is 0 Å². The number of methoxy groups -OCH3 is 1. The lowest BCUT2D eigenvalue weighted by atomic mass is 10.2. The number of aromatic nitrogens is 2. The van der Waals surface area contributed by atoms with Crippen LogP contribution in [0.1, 0.15) is 30.1 Å². The van der Waals surface area contributed by atoms with Crippen molar-refractivity contribution in [1.82, 2.24) is 14.5 Å². The molecule has 3 rings (SSSR count). The monoisotopic (exact) mass is 423 g/mol. The van der Waals surface area contributed by atoms with E-state index in [9.17, 15) is 21.6 Å². The maximum absolute atomic E-state index is 12.9. The number of benzene rings is 1. The van der Waals surface area contributed by atoms with E-state index in [0.717, 1.165) is 18.9 Å². The molecule has 0 atom stereocenters. The van der Waals surface area contributed by atoms with Gasteiger partial charge in [0.25, 0.3) is 0 Å². The second kappa shape index (κ2) is 7.33. The fourth-order valence-electron chi connectivity index (χ4n) is 2.64. The Kier molecular flexibility index (Phi) is 5.42. The predicted molar refractivity (Wildman–Crippen MR) is 92.4 cm³/mol. The summed E-state index contributed by atoms with van der Waals surface area (Å²) < 4.78 is 71.9. The second-order valence-electron chi connectivity index (χ2n) is 6.14. The standard InChI is InChI=1S/C16H17ClF3N3O3S/c1-26-14-5-4-11(8-12(14)17)27(24,25)21-6-7-23-13(10-2-3-10)9-15(22-23)16(18,19)20/h4-5,8-10,21H,2-3,6-7H2,1H3. The van der Waals surface area contributed by atoms with Crippen LogP contribution in [0.2, 0.25) is 5.02 Å². The topological polar surface area (TPSA) is 73.2 Å². The van der Waals surface area contributed by atoms with Crippen LogP contribution in [0, 0.1) is 0 Å². The Bertz CT molecular complexity index is 940. The van der Waals surface area contributed by atoms with E-state index in [-0.39, 0.29) is 28.9 Å². The van der Waals surface area contributed by atoms with Gasteiger partial charge in [0, 0.05) is 18.2 Å². The molecule has 1 aliphatic rings. The minimum Gasteiger partial charge on any atom is -0.495 e. The molecule has 2 aromatic rings. The highest BCUT2D eigenvalue weighted by atomic mass is 35.5. The largest absolute Gasteiger partial charge is 0.495 e. The smallest absolute Gasteiger partial charge is 0.435 e. The van der Waals surface area contributed by atoms with Gasteiger partial charge in [-0.25, -0.2) is 13.1 Å². The summed E-state index contributed by atoms with van der Waals surface area (Å²) >= 11 is 5.94. The molecule has 1 saturated carbocycles. The van der Waals surface area contributed by atoms with Gasteiger partial charge in [0.2, 0.25) is 10.0 Å². The van der Waals surface area contributed by atoms with Crippen molar-refractivity contribution in [2.45, 2.75) is 36.4 Å². The average Bonchev–Trinajstić information content (AvgIpc) is 3.33. The minimum atomic E-state index is -4.53. The zero-order chi connectivity index (χ0) is 19.8. The predicted octanol–water partition coefficient (Wildman–Crippen LogP) is 3.42. The maximum atomic E-state index is 12.9. The molecular formula is C16H17ClF3N3O3S. The van der Waals surface area contributed by atoms with Gasteiger partial charge >= 0.3 is 6.18 Å². The van der Waals surface area contributed by atoms with Crippen LogP contribution in [0.25, 0.3) is 0 Å². The van der Waals surface area contributed by atoms with Gasteiger partial charge in [0.15, 0.2) is 5.69 Å². The number of nitrogens with one attached hydrogen (secondary N) is 1. The van der Waals surface area contributed by atoms with Crippen molar-refractivity contribution in [2.75, 3.05) is 13.7 Å². The first-order chi connectivity index (χ1) is 12.6. The molecule has 0 aliphatic heterocycles. The Balaban J connectivity index is 1.70. The molecule has 0 amide bonds. The third-order valence-electron chi connectivity index (χ3n) is 4.15. The fourth-order valence-corrected chi connectivity index (χ4v) is 4.01. The number of sulfonamides is 1. The van der Waals surface area contributed by atoms with E-state index in [1.165, 1.54) is 30.0 Å². The van der Waals surface area contributed by atoms with Gasteiger partial charge < -0.3 is 4.74 Å². The molecule has 0 bridgehead atoms. The molecule has 1 aromatic carbocycles. The molecule has 1 aromatic heterocycles. The molecular weight excluding hydrogens is 407 g/mol. The maximum Gasteiger partial charge on any atom is 0.435 e. The Morgan fingerprint density at radius 1 is 1.33 bits per heavy atom. The lowest BCUT2D eigenvalue weighted by Gasteiger charge is -2.10. The Morgan fingerprint density at radius 3 is 2.59 bits per heavy atom. The number of alkyl halides is 3. The molecule has 1 N–H and O–H groups in total. The number of hydrogen-bond acceptors (Lipinski definition) is 4. The summed E-state index contributed by atoms with van der Waals surface area (Å²) in [6.45, 7) is -0.115. The summed E-state index contributed by atoms with van der Waals surface area (Å²) in [4.78, 5) is -0.0628. The molecule has 1 aliphatic carbocycles. The summed E-state index contributed by atoms with van der Waals surface area (Å²) in [7, 11) is -2.46. The number of rotatable bonds is 7. The quantitative estimate of drug-likeness (QED) is 0.740. The van der Waals surface area contributed by atoms with E-state index >= 15 is 0 Å². The zero-order valence-electron chi connectivity index (χ0n) is 14.3. The van der Waals surface area contributed by atoms with Crippen LogP contribution >= 0.6 is 11.6 Å². The first-order valence-electron chi connectivity index (χ1n) is 8.10. The summed E-state index contributed by atoms with van der Waals surface area (Å²) in [5.41, 5.74) is -0.483. The summed E-state index contributed by atoms with van der Waals surface area (Å²) in [6.07, 6.45) is -2.92. The molecule has 0 radical (unpaired) electrons. The third-order valence-corrected chi connectivity index (χ3v) is 5.90. The van der Waals surface area contributed by atoms with Crippen molar-refractivity contribution in [1.29, 1.82) is 0 Å². The lowest BCUT2D eigenvalue weighted by molar-refractivity contribution is -0.141. The normalized spacial score (nSPS) is 15.1. The molecule has 0 unspecified atom stereocenters. The van der Waals surface area contributed by atoms with Gasteiger partial charge in [0.05, 0.1) is 23.6 Å². The first kappa shape index (κ1) is 20.0. The van der Waals surface area contributed by atoms with Crippen LogP contribution in [0.5, 0.6) is 5.75 Å². The van der Waals surface area contributed by atoms with Crippen molar-refractivity contribution in [2.24, 2.45) is 0 Å². The molecule has 1 heterocycles. The lowest BCUT2D eigenvalue weighted by Crippen LogP contribution is -2.28. The highest BCUT2D eigenvalue weighted by molar-refractivity contribution is 7.89. The molecule has 27 heavy (non-hydrogen) atoms. The van der Waals surface area contributed by atoms with Gasteiger partial charge in [-0.1, -0.05) is 11.6 Å². The first-order valence-corrected chi connectivity index (χ1v) is 9.96. The molecule has 1 fully saturated rings. The Morgan fingerprint density at radius 2 is 2.04 bits per heavy atom. The molecule has 0 saturated heterocycles. The van der Waals surface area contributed by atoms with E-state index in [1.807, 2.05) is 0 Å². The number of halogens is 4. The zero-order valence-corrected chi connectivity index (χ0v) is 15.8. The molecule has 6 nitrogen and oxygen atoms in total. The summed E-state index contributed by atoms with van der Waals surface area (Å²) in [5, 5.41) is 3.73. The van der Waals surface area contributed by atoms with Crippen LogP contribution in [-0.2, 0) is 22.7 Å². The third kappa shape index (κ3) is 4.56. The summed E-state index contributed by atoms with van der Waals surface area (Å²) in [6, 6.07) is 5.03. The van der Waals surface area contributed by atoms with Crippen molar-refractivity contribution in [3.63, 3.8) is 0 Å². The molecule has 11 heteroatoms. The van der Waals surface area contributed by atoms with E-state index < -0.39 is 21.9 Å². The number of hydrogen-bond donors (Lipinski definition) is 1. The van der Waals surface area contributed by atoms with Crippen molar-refractivity contribution in [3.8, 4) is 5.75 Å². The number of ether oxygens (including phenoxy) is 1. The van der Waals surface area contributed by atoms with Crippen LogP contribution in [0.4, 0.5) is 13.2 Å². The van der Waals surface area contributed by atoms with Gasteiger partial charge in [-0.15, -0.1) is 0 Å². The van der Waals surface area contributed by atoms with Crippen molar-refractivity contribution in [3.05, 3.63) is 40.7 Å². The van der Waals surface area contributed by atoms with Crippen LogP contribution in [0.15, 0.2) is 29.2 Å². The van der Waals surface area contributed by atoms with Crippen molar-refractivity contribution >= 4 is 21.6 Å². The highest BCUT2D eigenvalue weighted by Gasteiger charge is 2.37. The SMILES string of the molecule is COc1ccc(S(=O)(=O)NCCn2nc(C(F)(F)F)cc2C2CC2)cc1Cl. The highest BCUT2D eigenvalue weighted by Crippen LogP contribution is 2.42. The Labute approximate surface area is 159 Å². The van der Waals surface area contributed by atoms with Crippen molar-refractivity contribution < 1.29 is 26.3 Å².